The van der Waals surface area contributed by atoms with Crippen LogP contribution in [0.15, 0.2) is 35.4 Å². The van der Waals surface area contributed by atoms with Gasteiger partial charge in [0.25, 0.3) is 0 Å². The van der Waals surface area contributed by atoms with Crippen LogP contribution in [0.3, 0.4) is 0 Å². The van der Waals surface area contributed by atoms with Gasteiger partial charge >= 0.3 is 6.18 Å². The number of benzene rings is 1. The number of methoxy groups -OCH3 is 1. The molecule has 1 aromatic carbocycles. The standard InChI is InChI=1S/C11H8F3N2O/c1-17-8-4-2-7(3-5-8)9-6-10(16-15-9)11(12,13)14/h2-6H,1H3. The van der Waals surface area contributed by atoms with Crippen LogP contribution in [-0.4, -0.2) is 19.0 Å². The van der Waals surface area contributed by atoms with Gasteiger partial charge in [-0.25, -0.2) is 0 Å². The molecule has 2 rings (SSSR count). The molecule has 0 bridgehead atoms. The van der Waals surface area contributed by atoms with Crippen molar-refractivity contribution in [1.29, 1.82) is 0 Å². The molecular formula is C11H8F3N2O. The first-order valence-corrected chi connectivity index (χ1v) is 4.73. The largest absolute Gasteiger partial charge is 0.497 e. The molecule has 0 saturated carbocycles. The Kier molecular flexibility index (Phi) is 2.79. The van der Waals surface area contributed by atoms with Crippen molar-refractivity contribution in [1.82, 2.24) is 5.43 Å². The molecule has 0 atom stereocenters. The minimum Gasteiger partial charge on any atom is -0.497 e. The van der Waals surface area contributed by atoms with Gasteiger partial charge < -0.3 is 4.74 Å². The number of allylic oxidation sites excluding steroid dienone is 1. The third kappa shape index (κ3) is 2.41. The van der Waals surface area contributed by atoms with Gasteiger partial charge in [-0.3, -0.25) is 0 Å². The number of halogens is 3. The average Bonchev–Trinajstić information content (AvgIpc) is 2.78. The zero-order chi connectivity index (χ0) is 12.5. The molecule has 6 heteroatoms. The van der Waals surface area contributed by atoms with E-state index in [1.165, 1.54) is 7.11 Å². The minimum absolute atomic E-state index is 0.194. The van der Waals surface area contributed by atoms with Gasteiger partial charge in [-0.15, -0.1) is 10.5 Å². The van der Waals surface area contributed by atoms with Crippen molar-refractivity contribution in [2.24, 2.45) is 5.10 Å². The zero-order valence-corrected chi connectivity index (χ0v) is 8.82. The number of alkyl halides is 3. The highest BCUT2D eigenvalue weighted by Gasteiger charge is 2.37. The van der Waals surface area contributed by atoms with Crippen LogP contribution in [0, 0.1) is 0 Å². The van der Waals surface area contributed by atoms with Crippen LogP contribution in [0.1, 0.15) is 5.56 Å². The summed E-state index contributed by atoms with van der Waals surface area (Å²) in [5.74, 6) is 0.629. The van der Waals surface area contributed by atoms with Gasteiger partial charge in [0.05, 0.1) is 12.8 Å². The number of hydrogen-bond acceptors (Lipinski definition) is 2. The molecule has 0 aliphatic carbocycles. The lowest BCUT2D eigenvalue weighted by Gasteiger charge is -2.02. The molecule has 0 N–H and O–H groups in total. The summed E-state index contributed by atoms with van der Waals surface area (Å²) in [6.07, 6.45) is -3.54. The van der Waals surface area contributed by atoms with Crippen LogP contribution in [0.5, 0.6) is 5.75 Å². The third-order valence-electron chi connectivity index (χ3n) is 2.22. The zero-order valence-electron chi connectivity index (χ0n) is 8.82. The molecule has 0 fully saturated rings. The summed E-state index contributed by atoms with van der Waals surface area (Å²) < 4.78 is 41.9. The molecule has 0 saturated heterocycles. The predicted octanol–water partition coefficient (Wildman–Crippen LogP) is 2.57. The normalized spacial score (nSPS) is 15.1. The van der Waals surface area contributed by atoms with E-state index in [0.717, 1.165) is 6.08 Å². The number of ether oxygens (including phenoxy) is 1. The lowest BCUT2D eigenvalue weighted by atomic mass is 10.1. The van der Waals surface area contributed by atoms with Crippen molar-refractivity contribution in [3.63, 3.8) is 0 Å². The van der Waals surface area contributed by atoms with E-state index in [9.17, 15) is 13.2 Å². The Morgan fingerprint density at radius 1 is 1.12 bits per heavy atom. The lowest BCUT2D eigenvalue weighted by molar-refractivity contribution is -0.0577. The molecule has 17 heavy (non-hydrogen) atoms. The average molecular weight is 241 g/mol. The molecule has 1 radical (unpaired) electrons. The van der Waals surface area contributed by atoms with E-state index >= 15 is 0 Å². The minimum atomic E-state index is -4.46. The summed E-state index contributed by atoms with van der Waals surface area (Å²) in [4.78, 5) is 0. The second-order valence-electron chi connectivity index (χ2n) is 3.34. The molecule has 0 unspecified atom stereocenters. The maximum Gasteiger partial charge on any atom is 0.435 e. The fourth-order valence-electron chi connectivity index (χ4n) is 1.34. The summed E-state index contributed by atoms with van der Waals surface area (Å²) in [5, 5.41) is 3.10. The number of rotatable bonds is 2. The Bertz CT molecular complexity index is 474. The van der Waals surface area contributed by atoms with Crippen molar-refractivity contribution >= 4 is 11.4 Å². The third-order valence-corrected chi connectivity index (χ3v) is 2.22. The van der Waals surface area contributed by atoms with E-state index in [2.05, 4.69) is 10.5 Å². The highest BCUT2D eigenvalue weighted by molar-refractivity contribution is 6.06. The first-order valence-electron chi connectivity index (χ1n) is 4.73. The highest BCUT2D eigenvalue weighted by atomic mass is 19.4. The van der Waals surface area contributed by atoms with Gasteiger partial charge in [0.15, 0.2) is 5.71 Å². The summed E-state index contributed by atoms with van der Waals surface area (Å²) >= 11 is 0. The van der Waals surface area contributed by atoms with Gasteiger partial charge in [0.2, 0.25) is 0 Å². The van der Waals surface area contributed by atoms with Crippen LogP contribution < -0.4 is 10.2 Å². The second kappa shape index (κ2) is 4.12. The van der Waals surface area contributed by atoms with Crippen LogP contribution >= 0.6 is 0 Å². The molecule has 1 aliphatic rings. The SMILES string of the molecule is COc1ccc(C2=CC(C(F)(F)F)=N[N]2)cc1. The molecular weight excluding hydrogens is 233 g/mol. The monoisotopic (exact) mass is 241 g/mol. The first kappa shape index (κ1) is 11.5. The van der Waals surface area contributed by atoms with Crippen LogP contribution in [0.4, 0.5) is 13.2 Å². The molecule has 1 heterocycles. The molecule has 0 spiro atoms. The van der Waals surface area contributed by atoms with E-state index in [4.69, 9.17) is 4.74 Å². The van der Waals surface area contributed by atoms with Crippen molar-refractivity contribution in [2.75, 3.05) is 7.11 Å². The Hall–Kier alpha value is -1.98. The topological polar surface area (TPSA) is 35.7 Å². The van der Waals surface area contributed by atoms with E-state index < -0.39 is 11.9 Å². The molecule has 89 valence electrons. The van der Waals surface area contributed by atoms with Crippen molar-refractivity contribution in [3.05, 3.63) is 35.9 Å². The number of hydrogen-bond donors (Lipinski definition) is 0. The van der Waals surface area contributed by atoms with E-state index in [1.807, 2.05) is 0 Å². The van der Waals surface area contributed by atoms with E-state index in [1.54, 1.807) is 24.3 Å². The predicted molar refractivity (Wildman–Crippen MR) is 56.6 cm³/mol. The van der Waals surface area contributed by atoms with Gasteiger partial charge in [-0.05, 0) is 30.3 Å². The lowest BCUT2D eigenvalue weighted by Crippen LogP contribution is -2.19. The van der Waals surface area contributed by atoms with E-state index in [0.29, 0.717) is 11.3 Å². The van der Waals surface area contributed by atoms with Crippen molar-refractivity contribution < 1.29 is 17.9 Å². The molecule has 1 aromatic rings. The van der Waals surface area contributed by atoms with Crippen LogP contribution in [0.25, 0.3) is 5.70 Å². The van der Waals surface area contributed by atoms with Gasteiger partial charge in [0, 0.05) is 5.56 Å². The van der Waals surface area contributed by atoms with Gasteiger partial charge in [-0.1, -0.05) is 0 Å². The van der Waals surface area contributed by atoms with Crippen molar-refractivity contribution in [3.8, 4) is 5.75 Å². The molecule has 3 nitrogen and oxygen atoms in total. The molecule has 0 aromatic heterocycles. The van der Waals surface area contributed by atoms with Gasteiger partial charge in [0.1, 0.15) is 5.75 Å². The smallest absolute Gasteiger partial charge is 0.435 e. The second-order valence-corrected chi connectivity index (χ2v) is 3.34. The van der Waals surface area contributed by atoms with Crippen molar-refractivity contribution in [2.45, 2.75) is 6.18 Å². The summed E-state index contributed by atoms with van der Waals surface area (Å²) in [6.45, 7) is 0. The maximum atomic E-state index is 12.3. The first-order chi connectivity index (χ1) is 8.00. The maximum absolute atomic E-state index is 12.3. The van der Waals surface area contributed by atoms with Gasteiger partial charge in [-0.2, -0.15) is 13.2 Å². The van der Waals surface area contributed by atoms with Crippen LogP contribution in [0.2, 0.25) is 0 Å². The highest BCUT2D eigenvalue weighted by Crippen LogP contribution is 2.26. The quantitative estimate of drug-likeness (QED) is 0.783. The number of nitrogens with zero attached hydrogens (tertiary/aromatic N) is 2. The fraction of sp³-hybridized carbons (Fsp3) is 0.182. The Labute approximate surface area is 95.6 Å². The Balaban J connectivity index is 2.21. The van der Waals surface area contributed by atoms with E-state index in [-0.39, 0.29) is 5.70 Å². The van der Waals surface area contributed by atoms with Crippen LogP contribution in [-0.2, 0) is 0 Å². The summed E-state index contributed by atoms with van der Waals surface area (Å²) in [6, 6.07) is 6.56. The Morgan fingerprint density at radius 2 is 1.76 bits per heavy atom. The molecule has 0 amide bonds. The fourth-order valence-corrected chi connectivity index (χ4v) is 1.34. The summed E-state index contributed by atoms with van der Waals surface area (Å²) in [5.41, 5.74) is 3.27. The Morgan fingerprint density at radius 3 is 2.24 bits per heavy atom. The summed E-state index contributed by atoms with van der Waals surface area (Å²) in [7, 11) is 1.51. The molecule has 1 aliphatic heterocycles.